The maximum absolute atomic E-state index is 12.9. The van der Waals surface area contributed by atoms with Crippen LogP contribution in [0.2, 0.25) is 0 Å². The number of amides is 3. The van der Waals surface area contributed by atoms with Crippen LogP contribution in [-0.2, 0) is 35.5 Å². The van der Waals surface area contributed by atoms with E-state index in [1.165, 1.54) is 27.6 Å². The number of ketones is 1. The first-order valence-electron chi connectivity index (χ1n) is 13.2. The Morgan fingerprint density at radius 3 is 2.34 bits per heavy atom. The summed E-state index contributed by atoms with van der Waals surface area (Å²) in [7, 11) is 4.87. The zero-order chi connectivity index (χ0) is 32.3. The molecular weight excluding hydrogens is 582 g/mol. The van der Waals surface area contributed by atoms with Crippen LogP contribution in [-0.4, -0.2) is 93.4 Å². The van der Waals surface area contributed by atoms with E-state index in [0.29, 0.717) is 5.69 Å². The fourth-order valence-electron chi connectivity index (χ4n) is 4.63. The largest absolute Gasteiger partial charge is 0.505 e. The molecule has 0 aliphatic carbocycles. The van der Waals surface area contributed by atoms with Crippen molar-refractivity contribution < 1.29 is 49.1 Å². The lowest BCUT2D eigenvalue weighted by molar-refractivity contribution is -0.173. The molecule has 0 bridgehead atoms. The molecule has 0 fully saturated rings. The van der Waals surface area contributed by atoms with E-state index in [0.717, 1.165) is 0 Å². The highest BCUT2D eigenvalue weighted by atomic mass is 16.6. The smallest absolute Gasteiger partial charge is 0.378 e. The molecule has 0 unspecified atom stereocenters. The number of aryl methyl sites for hydroxylation is 3. The monoisotopic (exact) mass is 613 g/mol. The van der Waals surface area contributed by atoms with Gasteiger partial charge >= 0.3 is 5.97 Å². The van der Waals surface area contributed by atoms with Gasteiger partial charge in [-0.2, -0.15) is 0 Å². The highest BCUT2D eigenvalue weighted by Gasteiger charge is 2.58. The summed E-state index contributed by atoms with van der Waals surface area (Å²) in [6.07, 6.45) is 2.23. The average molecular weight is 614 g/mol. The van der Waals surface area contributed by atoms with Crippen molar-refractivity contribution in [2.45, 2.75) is 24.5 Å². The van der Waals surface area contributed by atoms with E-state index in [2.05, 4.69) is 20.9 Å². The highest BCUT2D eigenvalue weighted by Crippen LogP contribution is 2.35. The lowest BCUT2D eigenvalue weighted by Gasteiger charge is -2.29. The zero-order valence-electron chi connectivity index (χ0n) is 23.9. The molecule has 3 amide bonds. The van der Waals surface area contributed by atoms with Crippen LogP contribution in [0.3, 0.4) is 0 Å². The average Bonchev–Trinajstić information content (AvgIpc) is 3.73. The van der Waals surface area contributed by atoms with Crippen LogP contribution in [0.1, 0.15) is 44.4 Å². The lowest BCUT2D eigenvalue weighted by Crippen LogP contribution is -2.53. The minimum atomic E-state index is -2.65. The fourth-order valence-corrected chi connectivity index (χ4v) is 4.63. The molecule has 3 aromatic heterocycles. The number of esters is 1. The van der Waals surface area contributed by atoms with Crippen molar-refractivity contribution >= 4 is 41.0 Å². The van der Waals surface area contributed by atoms with Gasteiger partial charge in [0.05, 0.1) is 12.3 Å². The van der Waals surface area contributed by atoms with Gasteiger partial charge in [-0.1, -0.05) is 0 Å². The number of aliphatic hydroxyl groups excluding tert-OH is 4. The fraction of sp³-hybridized carbons (Fsp3) is 0.333. The molecule has 234 valence electrons. The van der Waals surface area contributed by atoms with Gasteiger partial charge in [-0.15, -0.1) is 0 Å². The van der Waals surface area contributed by atoms with Crippen LogP contribution >= 0.6 is 0 Å². The van der Waals surface area contributed by atoms with Gasteiger partial charge in [-0.05, 0) is 24.6 Å². The number of nitrogens with zero attached hydrogens (tertiary/aromatic N) is 4. The van der Waals surface area contributed by atoms with Crippen LogP contribution < -0.4 is 16.0 Å². The number of carbonyl (C=O) groups is 5. The van der Waals surface area contributed by atoms with Crippen molar-refractivity contribution in [3.63, 3.8) is 0 Å². The van der Waals surface area contributed by atoms with Crippen molar-refractivity contribution in [1.29, 1.82) is 0 Å². The Bertz CT molecular complexity index is 1670. The molecule has 3 aromatic rings. The number of rotatable bonds is 12. The SMILES string of the molecule is Cn1cc(NC(=O)c2nc(NC(=O)c3cccn3C)cn2C)cc1C(=O)NCCCC(=O)[C@]1([C@@H](O)CO)OC(=O)C(O)=C1O. The lowest BCUT2D eigenvalue weighted by atomic mass is 9.87. The van der Waals surface area contributed by atoms with Gasteiger partial charge in [0, 0.05) is 52.7 Å². The van der Waals surface area contributed by atoms with Crippen molar-refractivity contribution in [3.8, 4) is 0 Å². The number of anilines is 2. The molecule has 0 radical (unpaired) electrons. The van der Waals surface area contributed by atoms with Gasteiger partial charge in [0.15, 0.2) is 17.4 Å². The molecular formula is C27H31N7O10. The second-order valence-corrected chi connectivity index (χ2v) is 10.0. The van der Waals surface area contributed by atoms with Crippen molar-refractivity contribution in [3.05, 3.63) is 65.5 Å². The molecule has 0 spiro atoms. The Balaban J connectivity index is 1.32. The summed E-state index contributed by atoms with van der Waals surface area (Å²) in [4.78, 5) is 66.7. The molecule has 17 nitrogen and oxygen atoms in total. The van der Waals surface area contributed by atoms with Crippen LogP contribution in [0.25, 0.3) is 0 Å². The van der Waals surface area contributed by atoms with Gasteiger partial charge in [0.2, 0.25) is 11.6 Å². The summed E-state index contributed by atoms with van der Waals surface area (Å²) in [6, 6.07) is 4.77. The van der Waals surface area contributed by atoms with Crippen molar-refractivity contribution in [2.24, 2.45) is 21.1 Å². The van der Waals surface area contributed by atoms with E-state index >= 15 is 0 Å². The number of cyclic esters (lactones) is 1. The Morgan fingerprint density at radius 1 is 1.00 bits per heavy atom. The number of ether oxygens (including phenoxy) is 1. The third-order valence-electron chi connectivity index (χ3n) is 6.94. The molecule has 4 rings (SSSR count). The molecule has 4 heterocycles. The number of aliphatic hydroxyl groups is 4. The van der Waals surface area contributed by atoms with E-state index in [-0.39, 0.29) is 36.0 Å². The first kappa shape index (κ1) is 31.5. The van der Waals surface area contributed by atoms with E-state index in [9.17, 15) is 44.4 Å². The van der Waals surface area contributed by atoms with Gasteiger partial charge in [-0.25, -0.2) is 9.78 Å². The Kier molecular flexibility index (Phi) is 8.91. The molecule has 1 aliphatic rings. The van der Waals surface area contributed by atoms with Crippen LogP contribution in [0.5, 0.6) is 0 Å². The second-order valence-electron chi connectivity index (χ2n) is 10.0. The molecule has 1 aliphatic heterocycles. The van der Waals surface area contributed by atoms with Crippen molar-refractivity contribution in [2.75, 3.05) is 23.8 Å². The standard InChI is InChI=1S/C27H31N7O10/c1-32-9-5-6-15(32)24(41)31-19-12-34(3)22(30-19)25(42)29-14-10-16(33(2)11-14)23(40)28-8-4-7-17(36)27(18(37)13-35)21(39)20(38)26(43)44-27/h5-6,9-12,18,35,37-39H,4,7-8,13H2,1-3H3,(H,28,40)(H,29,42)(H,31,41)/t18-,27+/m0/s1. The zero-order valence-corrected chi connectivity index (χ0v) is 23.9. The molecule has 17 heteroatoms. The molecule has 0 saturated heterocycles. The quantitative estimate of drug-likeness (QED) is 0.103. The second kappa shape index (κ2) is 12.4. The third-order valence-corrected chi connectivity index (χ3v) is 6.94. The molecule has 0 saturated carbocycles. The number of carbonyl (C=O) groups excluding carboxylic acids is 5. The van der Waals surface area contributed by atoms with Crippen LogP contribution in [0, 0.1) is 0 Å². The first-order valence-corrected chi connectivity index (χ1v) is 13.2. The summed E-state index contributed by atoms with van der Waals surface area (Å²) >= 11 is 0. The Hall–Kier alpha value is -5.42. The third kappa shape index (κ3) is 5.90. The van der Waals surface area contributed by atoms with Crippen LogP contribution in [0.4, 0.5) is 11.5 Å². The van der Waals surface area contributed by atoms with Gasteiger partial charge in [-0.3, -0.25) is 19.2 Å². The summed E-state index contributed by atoms with van der Waals surface area (Å²) in [6.45, 7) is -1.11. The number of imidazole rings is 1. The molecule has 0 aromatic carbocycles. The predicted octanol–water partition coefficient (Wildman–Crippen LogP) is -0.343. The summed E-state index contributed by atoms with van der Waals surface area (Å²) < 4.78 is 9.26. The minimum absolute atomic E-state index is 0.00191. The first-order chi connectivity index (χ1) is 20.8. The summed E-state index contributed by atoms with van der Waals surface area (Å²) in [5.74, 6) is -6.26. The van der Waals surface area contributed by atoms with Crippen LogP contribution in [0.15, 0.2) is 48.3 Å². The highest BCUT2D eigenvalue weighted by molar-refractivity contribution is 6.05. The van der Waals surface area contributed by atoms with Crippen molar-refractivity contribution in [1.82, 2.24) is 24.0 Å². The number of nitrogens with one attached hydrogen (secondary N) is 3. The summed E-state index contributed by atoms with van der Waals surface area (Å²) in [5.41, 5.74) is -1.81. The van der Waals surface area contributed by atoms with Gasteiger partial charge < -0.3 is 54.8 Å². The Morgan fingerprint density at radius 2 is 1.73 bits per heavy atom. The molecule has 44 heavy (non-hydrogen) atoms. The summed E-state index contributed by atoms with van der Waals surface area (Å²) in [5, 5.41) is 46.9. The van der Waals surface area contributed by atoms with E-state index in [4.69, 9.17) is 4.74 Å². The predicted molar refractivity (Wildman–Crippen MR) is 151 cm³/mol. The minimum Gasteiger partial charge on any atom is -0.505 e. The molecule has 7 N–H and O–H groups in total. The normalized spacial score (nSPS) is 16.9. The number of hydrogen-bond acceptors (Lipinski definition) is 11. The maximum Gasteiger partial charge on any atom is 0.378 e. The number of hydrogen-bond donors (Lipinski definition) is 7. The topological polar surface area (TPSA) is 239 Å². The van der Waals surface area contributed by atoms with Gasteiger partial charge in [0.25, 0.3) is 23.3 Å². The van der Waals surface area contributed by atoms with E-state index < -0.39 is 65.7 Å². The number of aromatic nitrogens is 4. The molecule has 2 atom stereocenters. The number of Topliss-reactive ketones (excluding diaryl/α,β-unsaturated/α-hetero) is 1. The van der Waals surface area contributed by atoms with E-state index in [1.807, 2.05) is 0 Å². The Labute approximate surface area is 249 Å². The van der Waals surface area contributed by atoms with Gasteiger partial charge in [0.1, 0.15) is 17.5 Å². The van der Waals surface area contributed by atoms with E-state index in [1.54, 1.807) is 44.0 Å². The maximum atomic E-state index is 12.9.